The maximum Gasteiger partial charge on any atom is 0.128 e. The van der Waals surface area contributed by atoms with E-state index < -0.39 is 0 Å². The second kappa shape index (κ2) is 4.88. The number of anilines is 1. The lowest BCUT2D eigenvalue weighted by molar-refractivity contribution is 0.415. The van der Waals surface area contributed by atoms with Crippen LogP contribution in [0.2, 0.25) is 0 Å². The van der Waals surface area contributed by atoms with Crippen molar-refractivity contribution in [2.24, 2.45) is 5.73 Å². The highest BCUT2D eigenvalue weighted by Gasteiger charge is 2.41. The van der Waals surface area contributed by atoms with Gasteiger partial charge in [-0.1, -0.05) is 13.8 Å². The smallest absolute Gasteiger partial charge is 0.128 e. The molecule has 0 spiro atoms. The number of hydrogen-bond donors (Lipinski definition) is 1. The molecule has 0 radical (unpaired) electrons. The van der Waals surface area contributed by atoms with Gasteiger partial charge in [0.2, 0.25) is 0 Å². The van der Waals surface area contributed by atoms with E-state index in [1.54, 1.807) is 6.07 Å². The molecule has 0 unspecified atom stereocenters. The molecule has 2 N–H and O–H groups in total. The third-order valence-electron chi connectivity index (χ3n) is 4.54. The van der Waals surface area contributed by atoms with Crippen molar-refractivity contribution in [3.8, 4) is 0 Å². The van der Waals surface area contributed by atoms with Crippen LogP contribution >= 0.6 is 0 Å². The van der Waals surface area contributed by atoms with Crippen molar-refractivity contribution in [1.82, 2.24) is 0 Å². The third-order valence-corrected chi connectivity index (χ3v) is 4.54. The first-order valence-electron chi connectivity index (χ1n) is 6.90. The van der Waals surface area contributed by atoms with Crippen LogP contribution in [0.4, 0.5) is 10.1 Å². The van der Waals surface area contributed by atoms with E-state index in [1.807, 2.05) is 6.07 Å². The molecular formula is C15H23FN2. The molecule has 0 amide bonds. The standard InChI is InChI=1S/C15H23FN2/c1-4-15(5-2)10-18(6-3)13-8-7-12(16)11(9-17)14(13)15/h7-8H,4-6,9-10,17H2,1-3H3. The van der Waals surface area contributed by atoms with Crippen LogP contribution in [-0.4, -0.2) is 13.1 Å². The number of benzene rings is 1. The number of rotatable bonds is 4. The Labute approximate surface area is 109 Å². The van der Waals surface area contributed by atoms with Gasteiger partial charge in [0.1, 0.15) is 5.82 Å². The van der Waals surface area contributed by atoms with E-state index in [-0.39, 0.29) is 17.8 Å². The SMILES string of the molecule is CCN1CC(CC)(CC)c2c1ccc(F)c2CN. The zero-order valence-corrected chi connectivity index (χ0v) is 11.6. The van der Waals surface area contributed by atoms with Crippen molar-refractivity contribution in [2.45, 2.75) is 45.6 Å². The molecule has 0 aliphatic carbocycles. The van der Waals surface area contributed by atoms with E-state index in [0.717, 1.165) is 31.5 Å². The molecule has 0 atom stereocenters. The summed E-state index contributed by atoms with van der Waals surface area (Å²) in [5.41, 5.74) is 8.92. The normalized spacial score (nSPS) is 17.1. The van der Waals surface area contributed by atoms with E-state index >= 15 is 0 Å². The van der Waals surface area contributed by atoms with Crippen LogP contribution in [0.3, 0.4) is 0 Å². The molecule has 0 aromatic heterocycles. The topological polar surface area (TPSA) is 29.3 Å². The Morgan fingerprint density at radius 3 is 2.44 bits per heavy atom. The summed E-state index contributed by atoms with van der Waals surface area (Å²) < 4.78 is 14.0. The van der Waals surface area contributed by atoms with Crippen LogP contribution in [0, 0.1) is 5.82 Å². The lowest BCUT2D eigenvalue weighted by atomic mass is 9.75. The summed E-state index contributed by atoms with van der Waals surface area (Å²) in [5, 5.41) is 0. The summed E-state index contributed by atoms with van der Waals surface area (Å²) in [7, 11) is 0. The van der Waals surface area contributed by atoms with Crippen LogP contribution in [0.25, 0.3) is 0 Å². The molecule has 1 aromatic carbocycles. The summed E-state index contributed by atoms with van der Waals surface area (Å²) in [6, 6.07) is 3.48. The summed E-state index contributed by atoms with van der Waals surface area (Å²) in [6.45, 7) is 8.77. The monoisotopic (exact) mass is 250 g/mol. The van der Waals surface area contributed by atoms with Crippen molar-refractivity contribution in [2.75, 3.05) is 18.0 Å². The van der Waals surface area contributed by atoms with Crippen LogP contribution < -0.4 is 10.6 Å². The quantitative estimate of drug-likeness (QED) is 0.889. The van der Waals surface area contributed by atoms with Gasteiger partial charge in [-0.15, -0.1) is 0 Å². The van der Waals surface area contributed by atoms with Gasteiger partial charge in [0, 0.05) is 36.3 Å². The second-order valence-corrected chi connectivity index (χ2v) is 5.13. The number of halogens is 1. The minimum absolute atomic E-state index is 0.0716. The number of hydrogen-bond acceptors (Lipinski definition) is 2. The van der Waals surface area contributed by atoms with Crippen LogP contribution in [0.1, 0.15) is 44.7 Å². The molecule has 3 heteroatoms. The first-order valence-corrected chi connectivity index (χ1v) is 6.90. The predicted octanol–water partition coefficient (Wildman–Crippen LogP) is 3.18. The Balaban J connectivity index is 2.67. The van der Waals surface area contributed by atoms with E-state index in [4.69, 9.17) is 5.73 Å². The summed E-state index contributed by atoms with van der Waals surface area (Å²) in [4.78, 5) is 2.35. The van der Waals surface area contributed by atoms with Crippen molar-refractivity contribution in [1.29, 1.82) is 0 Å². The lowest BCUT2D eigenvalue weighted by Crippen LogP contribution is -2.33. The van der Waals surface area contributed by atoms with E-state index in [1.165, 1.54) is 5.69 Å². The molecule has 1 heterocycles. The fraction of sp³-hybridized carbons (Fsp3) is 0.600. The van der Waals surface area contributed by atoms with Crippen LogP contribution in [0.15, 0.2) is 12.1 Å². The highest BCUT2D eigenvalue weighted by atomic mass is 19.1. The van der Waals surface area contributed by atoms with Gasteiger partial charge < -0.3 is 10.6 Å². The Hall–Kier alpha value is -1.09. The molecule has 2 nitrogen and oxygen atoms in total. The van der Waals surface area contributed by atoms with Crippen molar-refractivity contribution in [3.05, 3.63) is 29.1 Å². The minimum atomic E-state index is -0.152. The van der Waals surface area contributed by atoms with Gasteiger partial charge >= 0.3 is 0 Å². The van der Waals surface area contributed by atoms with Gasteiger partial charge in [-0.05, 0) is 37.5 Å². The Morgan fingerprint density at radius 2 is 1.94 bits per heavy atom. The van der Waals surface area contributed by atoms with Crippen molar-refractivity contribution in [3.63, 3.8) is 0 Å². The highest BCUT2D eigenvalue weighted by Crippen LogP contribution is 2.47. The summed E-state index contributed by atoms with van der Waals surface area (Å²) >= 11 is 0. The van der Waals surface area contributed by atoms with Gasteiger partial charge in [-0.3, -0.25) is 0 Å². The largest absolute Gasteiger partial charge is 0.371 e. The molecule has 2 rings (SSSR count). The zero-order valence-electron chi connectivity index (χ0n) is 11.6. The third kappa shape index (κ3) is 1.72. The van der Waals surface area contributed by atoms with Crippen molar-refractivity contribution >= 4 is 5.69 Å². The van der Waals surface area contributed by atoms with E-state index in [2.05, 4.69) is 25.7 Å². The molecular weight excluding hydrogens is 227 g/mol. The number of likely N-dealkylation sites (N-methyl/N-ethyl adjacent to an activating group) is 1. The Morgan fingerprint density at radius 1 is 1.28 bits per heavy atom. The maximum atomic E-state index is 14.0. The van der Waals surface area contributed by atoms with E-state index in [0.29, 0.717) is 5.56 Å². The van der Waals surface area contributed by atoms with Gasteiger partial charge in [-0.2, -0.15) is 0 Å². The number of nitrogens with zero attached hydrogens (tertiary/aromatic N) is 1. The molecule has 0 fully saturated rings. The molecule has 0 saturated heterocycles. The highest BCUT2D eigenvalue weighted by molar-refractivity contribution is 5.65. The first-order chi connectivity index (χ1) is 8.63. The van der Waals surface area contributed by atoms with Gasteiger partial charge in [0.15, 0.2) is 0 Å². The predicted molar refractivity (Wildman–Crippen MR) is 74.4 cm³/mol. The molecule has 1 aliphatic rings. The molecule has 0 saturated carbocycles. The Bertz CT molecular complexity index is 438. The summed E-state index contributed by atoms with van der Waals surface area (Å²) in [6.07, 6.45) is 2.06. The number of nitrogens with two attached hydrogens (primary N) is 1. The average Bonchev–Trinajstić information content (AvgIpc) is 2.73. The van der Waals surface area contributed by atoms with Crippen LogP contribution in [-0.2, 0) is 12.0 Å². The molecule has 18 heavy (non-hydrogen) atoms. The van der Waals surface area contributed by atoms with Crippen molar-refractivity contribution < 1.29 is 4.39 Å². The fourth-order valence-corrected chi connectivity index (χ4v) is 3.30. The lowest BCUT2D eigenvalue weighted by Gasteiger charge is -2.29. The maximum absolute atomic E-state index is 14.0. The first kappa shape index (κ1) is 13.3. The van der Waals surface area contributed by atoms with E-state index in [9.17, 15) is 4.39 Å². The molecule has 1 aliphatic heterocycles. The average molecular weight is 250 g/mol. The summed E-state index contributed by atoms with van der Waals surface area (Å²) in [5.74, 6) is -0.152. The zero-order chi connectivity index (χ0) is 13.3. The fourth-order valence-electron chi connectivity index (χ4n) is 3.30. The van der Waals surface area contributed by atoms with Crippen LogP contribution in [0.5, 0.6) is 0 Å². The minimum Gasteiger partial charge on any atom is -0.371 e. The molecule has 100 valence electrons. The van der Waals surface area contributed by atoms with Gasteiger partial charge in [0.25, 0.3) is 0 Å². The number of fused-ring (bicyclic) bond motifs is 1. The van der Waals surface area contributed by atoms with Gasteiger partial charge in [-0.25, -0.2) is 4.39 Å². The van der Waals surface area contributed by atoms with Gasteiger partial charge in [0.05, 0.1) is 0 Å². The second-order valence-electron chi connectivity index (χ2n) is 5.13. The molecule has 1 aromatic rings. The molecule has 0 bridgehead atoms. The Kier molecular flexibility index (Phi) is 3.62.